The number of rotatable bonds is 2. The quantitative estimate of drug-likeness (QED) is 0.830. The van der Waals surface area contributed by atoms with Gasteiger partial charge in [-0.2, -0.15) is 0 Å². The second-order valence-corrected chi connectivity index (χ2v) is 7.00. The molecule has 1 saturated heterocycles. The molecule has 0 aliphatic carbocycles. The van der Waals surface area contributed by atoms with Crippen LogP contribution in [0.5, 0.6) is 0 Å². The summed E-state index contributed by atoms with van der Waals surface area (Å²) in [7, 11) is 0. The number of carbonyl (C=O) groups is 1. The predicted molar refractivity (Wildman–Crippen MR) is 82.1 cm³/mol. The zero-order chi connectivity index (χ0) is 15.6. The van der Waals surface area contributed by atoms with Gasteiger partial charge in [0.2, 0.25) is 0 Å². The van der Waals surface area contributed by atoms with Crippen LogP contribution in [0.15, 0.2) is 12.5 Å². The molecule has 1 atom stereocenters. The third-order valence-electron chi connectivity index (χ3n) is 3.72. The largest absolute Gasteiger partial charge is 0.444 e. The summed E-state index contributed by atoms with van der Waals surface area (Å²) in [5, 5.41) is 0. The van der Waals surface area contributed by atoms with Gasteiger partial charge < -0.3 is 9.30 Å². The molecule has 1 aromatic heterocycles. The van der Waals surface area contributed by atoms with Gasteiger partial charge in [-0.3, -0.25) is 4.90 Å². The standard InChI is InChI=1S/C16H27N3O2/c1-12(2)19-11-17-10-14(19)13-8-6-7-9-18(13)15(20)21-16(3,4)5/h10-13H,6-9H2,1-5H3. The van der Waals surface area contributed by atoms with Gasteiger partial charge in [-0.1, -0.05) is 0 Å². The predicted octanol–water partition coefficient (Wildman–Crippen LogP) is 3.93. The molecule has 1 aliphatic heterocycles. The summed E-state index contributed by atoms with van der Waals surface area (Å²) in [6.07, 6.45) is 6.65. The lowest BCUT2D eigenvalue weighted by Gasteiger charge is -2.37. The average molecular weight is 293 g/mol. The summed E-state index contributed by atoms with van der Waals surface area (Å²) in [6, 6.07) is 0.406. The van der Waals surface area contributed by atoms with Crippen molar-refractivity contribution in [3.05, 3.63) is 18.2 Å². The summed E-state index contributed by atoms with van der Waals surface area (Å²) in [6.45, 7) is 10.7. The average Bonchev–Trinajstić information content (AvgIpc) is 2.85. The monoisotopic (exact) mass is 293 g/mol. The topological polar surface area (TPSA) is 47.4 Å². The number of amides is 1. The number of nitrogens with zero attached hydrogens (tertiary/aromatic N) is 3. The molecule has 1 aromatic rings. The fraction of sp³-hybridized carbons (Fsp3) is 0.750. The van der Waals surface area contributed by atoms with Crippen LogP contribution in [-0.2, 0) is 4.74 Å². The Morgan fingerprint density at radius 2 is 2.10 bits per heavy atom. The number of carbonyl (C=O) groups excluding carboxylic acids is 1. The lowest BCUT2D eigenvalue weighted by molar-refractivity contribution is 0.00848. The van der Waals surface area contributed by atoms with Crippen LogP contribution in [0.1, 0.15) is 71.7 Å². The Morgan fingerprint density at radius 3 is 2.71 bits per heavy atom. The molecule has 0 N–H and O–H groups in total. The summed E-state index contributed by atoms with van der Waals surface area (Å²) < 4.78 is 7.71. The molecule has 2 rings (SSSR count). The van der Waals surface area contributed by atoms with Crippen molar-refractivity contribution < 1.29 is 9.53 Å². The fourth-order valence-electron chi connectivity index (χ4n) is 2.78. The van der Waals surface area contributed by atoms with Crippen molar-refractivity contribution in [1.82, 2.24) is 14.5 Å². The van der Waals surface area contributed by atoms with E-state index in [1.54, 1.807) is 0 Å². The smallest absolute Gasteiger partial charge is 0.410 e. The molecule has 0 saturated carbocycles. The molecule has 0 radical (unpaired) electrons. The number of piperidine rings is 1. The van der Waals surface area contributed by atoms with Crippen LogP contribution in [0.2, 0.25) is 0 Å². The highest BCUT2D eigenvalue weighted by Gasteiger charge is 2.33. The third-order valence-corrected chi connectivity index (χ3v) is 3.72. The molecule has 5 heteroatoms. The van der Waals surface area contributed by atoms with Gasteiger partial charge in [0.25, 0.3) is 0 Å². The number of hydrogen-bond acceptors (Lipinski definition) is 3. The minimum atomic E-state index is -0.461. The molecule has 1 unspecified atom stereocenters. The Kier molecular flexibility index (Phi) is 4.59. The number of imidazole rings is 1. The second kappa shape index (κ2) is 6.08. The van der Waals surface area contributed by atoms with E-state index in [2.05, 4.69) is 23.4 Å². The first-order chi connectivity index (χ1) is 9.79. The van der Waals surface area contributed by atoms with E-state index >= 15 is 0 Å². The van der Waals surface area contributed by atoms with E-state index in [4.69, 9.17) is 4.74 Å². The molecular weight excluding hydrogens is 266 g/mol. The van der Waals surface area contributed by atoms with Crippen LogP contribution < -0.4 is 0 Å². The lowest BCUT2D eigenvalue weighted by atomic mass is 10.00. The first-order valence-electron chi connectivity index (χ1n) is 7.81. The summed E-state index contributed by atoms with van der Waals surface area (Å²) in [4.78, 5) is 18.6. The Balaban J connectivity index is 2.23. The normalized spacial score (nSPS) is 19.9. The molecule has 0 spiro atoms. The van der Waals surface area contributed by atoms with Crippen LogP contribution in [0.4, 0.5) is 4.79 Å². The van der Waals surface area contributed by atoms with Crippen molar-refractivity contribution in [1.29, 1.82) is 0 Å². The fourth-order valence-corrected chi connectivity index (χ4v) is 2.78. The van der Waals surface area contributed by atoms with E-state index < -0.39 is 5.60 Å². The van der Waals surface area contributed by atoms with Crippen LogP contribution in [0, 0.1) is 0 Å². The number of hydrogen-bond donors (Lipinski definition) is 0. The Labute approximate surface area is 127 Å². The second-order valence-electron chi connectivity index (χ2n) is 7.00. The highest BCUT2D eigenvalue weighted by molar-refractivity contribution is 5.69. The molecule has 0 bridgehead atoms. The van der Waals surface area contributed by atoms with E-state index in [0.29, 0.717) is 6.04 Å². The molecule has 118 valence electrons. The van der Waals surface area contributed by atoms with Gasteiger partial charge in [0.05, 0.1) is 24.3 Å². The first kappa shape index (κ1) is 15.9. The van der Waals surface area contributed by atoms with E-state index in [-0.39, 0.29) is 12.1 Å². The first-order valence-corrected chi connectivity index (χ1v) is 7.81. The minimum absolute atomic E-state index is 0.0681. The molecule has 1 fully saturated rings. The lowest BCUT2D eigenvalue weighted by Crippen LogP contribution is -2.42. The van der Waals surface area contributed by atoms with Crippen LogP contribution in [-0.4, -0.2) is 32.7 Å². The number of aromatic nitrogens is 2. The minimum Gasteiger partial charge on any atom is -0.444 e. The van der Waals surface area contributed by atoms with Gasteiger partial charge in [-0.25, -0.2) is 9.78 Å². The molecule has 2 heterocycles. The van der Waals surface area contributed by atoms with Gasteiger partial charge in [-0.15, -0.1) is 0 Å². The molecule has 0 aromatic carbocycles. The van der Waals surface area contributed by atoms with Crippen LogP contribution >= 0.6 is 0 Å². The highest BCUT2D eigenvalue weighted by atomic mass is 16.6. The summed E-state index contributed by atoms with van der Waals surface area (Å²) >= 11 is 0. The van der Waals surface area contributed by atoms with Crippen molar-refractivity contribution in [3.63, 3.8) is 0 Å². The SMILES string of the molecule is CC(C)n1cncc1C1CCCCN1C(=O)OC(C)(C)C. The van der Waals surface area contributed by atoms with Crippen molar-refractivity contribution in [3.8, 4) is 0 Å². The maximum Gasteiger partial charge on any atom is 0.410 e. The molecular formula is C16H27N3O2. The Morgan fingerprint density at radius 1 is 1.38 bits per heavy atom. The van der Waals surface area contributed by atoms with Gasteiger partial charge >= 0.3 is 6.09 Å². The van der Waals surface area contributed by atoms with Crippen molar-refractivity contribution in [2.45, 2.75) is 71.6 Å². The highest BCUT2D eigenvalue weighted by Crippen LogP contribution is 2.33. The summed E-state index contributed by atoms with van der Waals surface area (Å²) in [5.41, 5.74) is 0.646. The maximum absolute atomic E-state index is 12.5. The van der Waals surface area contributed by atoms with E-state index in [1.165, 1.54) is 0 Å². The third kappa shape index (κ3) is 3.77. The van der Waals surface area contributed by atoms with Crippen molar-refractivity contribution >= 4 is 6.09 Å². The number of ether oxygens (including phenoxy) is 1. The van der Waals surface area contributed by atoms with Gasteiger partial charge in [0.1, 0.15) is 5.60 Å². The van der Waals surface area contributed by atoms with Crippen molar-refractivity contribution in [2.75, 3.05) is 6.54 Å². The van der Waals surface area contributed by atoms with E-state index in [9.17, 15) is 4.79 Å². The Bertz CT molecular complexity index is 488. The van der Waals surface area contributed by atoms with Gasteiger partial charge in [-0.05, 0) is 53.9 Å². The van der Waals surface area contributed by atoms with Crippen LogP contribution in [0.25, 0.3) is 0 Å². The van der Waals surface area contributed by atoms with E-state index in [1.807, 2.05) is 38.2 Å². The van der Waals surface area contributed by atoms with Gasteiger partial charge in [0, 0.05) is 12.6 Å². The van der Waals surface area contributed by atoms with Crippen LogP contribution in [0.3, 0.4) is 0 Å². The van der Waals surface area contributed by atoms with Gasteiger partial charge in [0.15, 0.2) is 0 Å². The zero-order valence-electron chi connectivity index (χ0n) is 13.8. The molecule has 1 aliphatic rings. The molecule has 1 amide bonds. The maximum atomic E-state index is 12.5. The number of likely N-dealkylation sites (tertiary alicyclic amines) is 1. The summed E-state index contributed by atoms with van der Waals surface area (Å²) in [5.74, 6) is 0. The molecule has 21 heavy (non-hydrogen) atoms. The van der Waals surface area contributed by atoms with E-state index in [0.717, 1.165) is 31.5 Å². The molecule has 5 nitrogen and oxygen atoms in total. The Hall–Kier alpha value is -1.52. The zero-order valence-corrected chi connectivity index (χ0v) is 13.8. The van der Waals surface area contributed by atoms with Crippen molar-refractivity contribution in [2.24, 2.45) is 0 Å².